The minimum absolute atomic E-state index is 0.162. The first-order chi connectivity index (χ1) is 14.0. The summed E-state index contributed by atoms with van der Waals surface area (Å²) in [5.74, 6) is -0.162. The van der Waals surface area contributed by atoms with Crippen molar-refractivity contribution in [1.82, 2.24) is 10.2 Å². The lowest BCUT2D eigenvalue weighted by molar-refractivity contribution is -0.131. The zero-order valence-electron chi connectivity index (χ0n) is 16.5. The van der Waals surface area contributed by atoms with Crippen molar-refractivity contribution >= 4 is 11.9 Å². The van der Waals surface area contributed by atoms with Gasteiger partial charge in [0, 0.05) is 0 Å². The van der Waals surface area contributed by atoms with E-state index >= 15 is 0 Å². The Morgan fingerprint density at radius 1 is 0.759 bits per heavy atom. The standard InChI is InChI=1S/C25H24N2O2/c1-25(17-16-19-8-4-2-5-9-19)23(28)27(24(29)26-25)18-20-12-14-22(15-13-20)21-10-6-3-7-11-21/h2-15H,16-18H2,1H3,(H,26,29)/t25-/m1/s1. The van der Waals surface area contributed by atoms with Crippen molar-refractivity contribution in [2.45, 2.75) is 31.8 Å². The summed E-state index contributed by atoms with van der Waals surface area (Å²) in [6.07, 6.45) is 1.31. The third-order valence-corrected chi connectivity index (χ3v) is 5.50. The average Bonchev–Trinajstić information content (AvgIpc) is 2.97. The number of rotatable bonds is 6. The van der Waals surface area contributed by atoms with Crippen molar-refractivity contribution in [2.75, 3.05) is 0 Å². The molecule has 3 amide bonds. The number of urea groups is 1. The molecular weight excluding hydrogens is 360 g/mol. The van der Waals surface area contributed by atoms with Gasteiger partial charge in [0.25, 0.3) is 5.91 Å². The maximum Gasteiger partial charge on any atom is 0.325 e. The van der Waals surface area contributed by atoms with Gasteiger partial charge in [-0.2, -0.15) is 0 Å². The van der Waals surface area contributed by atoms with E-state index in [2.05, 4.69) is 17.4 Å². The Labute approximate surface area is 171 Å². The molecule has 0 aliphatic carbocycles. The molecule has 1 aliphatic heterocycles. The van der Waals surface area contributed by atoms with Crippen molar-refractivity contribution in [3.63, 3.8) is 0 Å². The molecule has 1 aliphatic rings. The number of benzene rings is 3. The molecule has 0 bridgehead atoms. The van der Waals surface area contributed by atoms with Crippen LogP contribution in [0.3, 0.4) is 0 Å². The van der Waals surface area contributed by atoms with E-state index in [-0.39, 0.29) is 18.5 Å². The van der Waals surface area contributed by atoms with E-state index in [0.29, 0.717) is 6.42 Å². The Kier molecular flexibility index (Phi) is 5.17. The first-order valence-electron chi connectivity index (χ1n) is 9.88. The molecule has 4 rings (SSSR count). The monoisotopic (exact) mass is 384 g/mol. The first kappa shape index (κ1) is 18.9. The Morgan fingerprint density at radius 3 is 2.00 bits per heavy atom. The molecule has 4 heteroatoms. The summed E-state index contributed by atoms with van der Waals surface area (Å²) in [7, 11) is 0. The third kappa shape index (κ3) is 4.06. The summed E-state index contributed by atoms with van der Waals surface area (Å²) in [5, 5.41) is 2.90. The van der Waals surface area contributed by atoms with Gasteiger partial charge in [-0.15, -0.1) is 0 Å². The number of imide groups is 1. The number of nitrogens with one attached hydrogen (secondary N) is 1. The zero-order valence-corrected chi connectivity index (χ0v) is 16.5. The lowest BCUT2D eigenvalue weighted by Crippen LogP contribution is -2.44. The van der Waals surface area contributed by atoms with Crippen LogP contribution in [0.15, 0.2) is 84.9 Å². The van der Waals surface area contributed by atoms with Gasteiger partial charge in [-0.05, 0) is 42.0 Å². The van der Waals surface area contributed by atoms with Crippen molar-refractivity contribution in [2.24, 2.45) is 0 Å². The van der Waals surface area contributed by atoms with Crippen molar-refractivity contribution in [3.05, 3.63) is 96.1 Å². The zero-order chi connectivity index (χ0) is 20.3. The maximum absolute atomic E-state index is 13.0. The van der Waals surface area contributed by atoms with E-state index in [1.54, 1.807) is 0 Å². The summed E-state index contributed by atoms with van der Waals surface area (Å²) in [4.78, 5) is 26.8. The number of carbonyl (C=O) groups excluding carboxylic acids is 2. The largest absolute Gasteiger partial charge is 0.325 e. The van der Waals surface area contributed by atoms with E-state index in [9.17, 15) is 9.59 Å². The number of hydrogen-bond donors (Lipinski definition) is 1. The number of amides is 3. The number of nitrogens with zero attached hydrogens (tertiary/aromatic N) is 1. The molecule has 1 heterocycles. The fourth-order valence-electron chi connectivity index (χ4n) is 3.71. The van der Waals surface area contributed by atoms with Gasteiger partial charge in [0.2, 0.25) is 0 Å². The summed E-state index contributed by atoms with van der Waals surface area (Å²) >= 11 is 0. The van der Waals surface area contributed by atoms with Crippen LogP contribution in [0.2, 0.25) is 0 Å². The molecule has 4 nitrogen and oxygen atoms in total. The molecule has 0 saturated carbocycles. The highest BCUT2D eigenvalue weighted by Gasteiger charge is 2.47. The average molecular weight is 384 g/mol. The Balaban J connectivity index is 1.43. The third-order valence-electron chi connectivity index (χ3n) is 5.50. The quantitative estimate of drug-likeness (QED) is 0.621. The number of hydrogen-bond acceptors (Lipinski definition) is 2. The van der Waals surface area contributed by atoms with E-state index in [4.69, 9.17) is 0 Å². The lowest BCUT2D eigenvalue weighted by atomic mass is 9.93. The second-order valence-electron chi connectivity index (χ2n) is 7.70. The van der Waals surface area contributed by atoms with Gasteiger partial charge < -0.3 is 5.32 Å². The molecule has 3 aromatic rings. The summed E-state index contributed by atoms with van der Waals surface area (Å²) in [6.45, 7) is 2.09. The van der Waals surface area contributed by atoms with Gasteiger partial charge in [0.15, 0.2) is 0 Å². The molecular formula is C25H24N2O2. The molecule has 1 atom stereocenters. The number of carbonyl (C=O) groups is 2. The summed E-state index contributed by atoms with van der Waals surface area (Å²) in [6, 6.07) is 27.8. The molecule has 1 saturated heterocycles. The van der Waals surface area contributed by atoms with E-state index in [0.717, 1.165) is 28.7 Å². The van der Waals surface area contributed by atoms with Crippen LogP contribution in [0.5, 0.6) is 0 Å². The van der Waals surface area contributed by atoms with Crippen molar-refractivity contribution in [3.8, 4) is 11.1 Å². The van der Waals surface area contributed by atoms with Gasteiger partial charge in [0.1, 0.15) is 5.54 Å². The highest BCUT2D eigenvalue weighted by atomic mass is 16.2. The molecule has 146 valence electrons. The molecule has 29 heavy (non-hydrogen) atoms. The van der Waals surface area contributed by atoms with Gasteiger partial charge >= 0.3 is 6.03 Å². The van der Waals surface area contributed by atoms with Crippen molar-refractivity contribution in [1.29, 1.82) is 0 Å². The minimum Gasteiger partial charge on any atom is -0.323 e. The molecule has 0 aromatic heterocycles. The molecule has 3 aromatic carbocycles. The van der Waals surface area contributed by atoms with Crippen LogP contribution in [0, 0.1) is 0 Å². The maximum atomic E-state index is 13.0. The van der Waals surface area contributed by atoms with E-state index < -0.39 is 5.54 Å². The second kappa shape index (κ2) is 7.92. The number of aryl methyl sites for hydroxylation is 1. The van der Waals surface area contributed by atoms with Crippen LogP contribution in [0.4, 0.5) is 4.79 Å². The van der Waals surface area contributed by atoms with Crippen LogP contribution in [-0.4, -0.2) is 22.4 Å². The smallest absolute Gasteiger partial charge is 0.323 e. The predicted molar refractivity (Wildman–Crippen MR) is 114 cm³/mol. The van der Waals surface area contributed by atoms with Crippen LogP contribution in [0.1, 0.15) is 24.5 Å². The Bertz CT molecular complexity index is 1000. The van der Waals surface area contributed by atoms with Gasteiger partial charge in [0.05, 0.1) is 6.54 Å². The minimum atomic E-state index is -0.864. The Morgan fingerprint density at radius 2 is 1.34 bits per heavy atom. The van der Waals surface area contributed by atoms with Crippen molar-refractivity contribution < 1.29 is 9.59 Å². The van der Waals surface area contributed by atoms with Gasteiger partial charge in [-0.3, -0.25) is 9.69 Å². The van der Waals surface area contributed by atoms with Gasteiger partial charge in [-0.1, -0.05) is 84.9 Å². The Hall–Kier alpha value is -3.40. The summed E-state index contributed by atoms with van der Waals surface area (Å²) in [5.41, 5.74) is 3.48. The molecule has 0 unspecified atom stereocenters. The van der Waals surface area contributed by atoms with E-state index in [1.165, 1.54) is 4.90 Å². The molecule has 1 fully saturated rings. The van der Waals surface area contributed by atoms with Crippen LogP contribution in [-0.2, 0) is 17.8 Å². The topological polar surface area (TPSA) is 49.4 Å². The van der Waals surface area contributed by atoms with Crippen LogP contribution >= 0.6 is 0 Å². The lowest BCUT2D eigenvalue weighted by Gasteiger charge is -2.21. The highest BCUT2D eigenvalue weighted by molar-refractivity contribution is 6.06. The second-order valence-corrected chi connectivity index (χ2v) is 7.70. The molecule has 0 spiro atoms. The highest BCUT2D eigenvalue weighted by Crippen LogP contribution is 2.26. The normalized spacial score (nSPS) is 18.7. The first-order valence-corrected chi connectivity index (χ1v) is 9.88. The fraction of sp³-hybridized carbons (Fsp3) is 0.200. The molecule has 0 radical (unpaired) electrons. The van der Waals surface area contributed by atoms with E-state index in [1.807, 2.05) is 79.7 Å². The SMILES string of the molecule is C[C@]1(CCc2ccccc2)NC(=O)N(Cc2ccc(-c3ccccc3)cc2)C1=O. The fourth-order valence-corrected chi connectivity index (χ4v) is 3.71. The van der Waals surface area contributed by atoms with Gasteiger partial charge in [-0.25, -0.2) is 4.79 Å². The van der Waals surface area contributed by atoms with Crippen LogP contribution in [0.25, 0.3) is 11.1 Å². The summed E-state index contributed by atoms with van der Waals surface area (Å²) < 4.78 is 0. The predicted octanol–water partition coefficient (Wildman–Crippen LogP) is 4.80. The van der Waals surface area contributed by atoms with Crippen LogP contribution < -0.4 is 5.32 Å². The molecule has 1 N–H and O–H groups in total.